The number of sulfonamides is 1. The first kappa shape index (κ1) is 19.0. The minimum absolute atomic E-state index is 0.00739. The van der Waals surface area contributed by atoms with Crippen molar-refractivity contribution in [2.45, 2.75) is 30.3 Å². The van der Waals surface area contributed by atoms with Gasteiger partial charge in [-0.1, -0.05) is 18.2 Å². The summed E-state index contributed by atoms with van der Waals surface area (Å²) in [5.41, 5.74) is 0.868. The molecule has 1 aliphatic rings. The number of hydrogen-bond acceptors (Lipinski definition) is 4. The van der Waals surface area contributed by atoms with E-state index in [1.54, 1.807) is 0 Å². The van der Waals surface area contributed by atoms with Crippen LogP contribution >= 0.6 is 0 Å². The highest BCUT2D eigenvalue weighted by Crippen LogP contribution is 2.22. The Morgan fingerprint density at radius 3 is 2.59 bits per heavy atom. The van der Waals surface area contributed by atoms with Crippen LogP contribution in [0.3, 0.4) is 0 Å². The van der Waals surface area contributed by atoms with E-state index in [2.05, 4.69) is 5.32 Å². The van der Waals surface area contributed by atoms with Crippen molar-refractivity contribution in [3.63, 3.8) is 0 Å². The van der Waals surface area contributed by atoms with E-state index < -0.39 is 15.8 Å². The highest BCUT2D eigenvalue weighted by Gasteiger charge is 2.30. The van der Waals surface area contributed by atoms with E-state index in [0.717, 1.165) is 0 Å². The molecule has 0 bridgehead atoms. The van der Waals surface area contributed by atoms with Crippen LogP contribution in [0.15, 0.2) is 53.4 Å². The molecular formula is C19H18FN3O3S. The van der Waals surface area contributed by atoms with E-state index in [9.17, 15) is 17.6 Å². The van der Waals surface area contributed by atoms with E-state index in [1.807, 2.05) is 6.07 Å². The summed E-state index contributed by atoms with van der Waals surface area (Å²) < 4.78 is 40.8. The third-order valence-electron chi connectivity index (χ3n) is 4.38. The second-order valence-corrected chi connectivity index (χ2v) is 8.30. The van der Waals surface area contributed by atoms with Gasteiger partial charge in [-0.05, 0) is 42.3 Å². The first-order valence-corrected chi connectivity index (χ1v) is 9.86. The molecule has 1 amide bonds. The third-order valence-corrected chi connectivity index (χ3v) is 6.19. The Balaban J connectivity index is 1.92. The van der Waals surface area contributed by atoms with E-state index in [4.69, 9.17) is 5.26 Å². The summed E-state index contributed by atoms with van der Waals surface area (Å²) in [5.74, 6) is -0.511. The van der Waals surface area contributed by atoms with Crippen LogP contribution in [0.4, 0.5) is 4.39 Å². The molecule has 2 aromatic carbocycles. The van der Waals surface area contributed by atoms with Gasteiger partial charge in [-0.25, -0.2) is 12.8 Å². The summed E-state index contributed by atoms with van der Waals surface area (Å²) in [6.07, 6.45) is 0.908. The van der Waals surface area contributed by atoms with Crippen molar-refractivity contribution >= 4 is 15.9 Å². The Hall–Kier alpha value is -2.76. The van der Waals surface area contributed by atoms with Gasteiger partial charge in [0.2, 0.25) is 15.9 Å². The quantitative estimate of drug-likeness (QED) is 0.822. The predicted molar refractivity (Wildman–Crippen MR) is 96.3 cm³/mol. The fraction of sp³-hybridized carbons (Fsp3) is 0.263. The third kappa shape index (κ3) is 4.51. The topological polar surface area (TPSA) is 90.3 Å². The molecular weight excluding hydrogens is 369 g/mol. The summed E-state index contributed by atoms with van der Waals surface area (Å²) in [5, 5.41) is 11.8. The van der Waals surface area contributed by atoms with Crippen LogP contribution in [0.5, 0.6) is 0 Å². The lowest BCUT2D eigenvalue weighted by atomic mass is 10.2. The molecule has 0 radical (unpaired) electrons. The smallest absolute Gasteiger partial charge is 0.243 e. The second kappa shape index (κ2) is 7.86. The van der Waals surface area contributed by atoms with Crippen LogP contribution in [-0.4, -0.2) is 31.2 Å². The molecule has 27 heavy (non-hydrogen) atoms. The van der Waals surface area contributed by atoms with Crippen molar-refractivity contribution in [1.29, 1.82) is 5.26 Å². The second-order valence-electron chi connectivity index (χ2n) is 6.37. The maximum absolute atomic E-state index is 13.2. The van der Waals surface area contributed by atoms with Gasteiger partial charge >= 0.3 is 0 Å². The highest BCUT2D eigenvalue weighted by molar-refractivity contribution is 7.89. The van der Waals surface area contributed by atoms with E-state index in [1.165, 1.54) is 52.8 Å². The standard InChI is InChI=1S/C19H18FN3O3S/c20-16-6-4-14(5-7-16)12-23(13-17-8-9-19(24)22-17)27(25,26)18-3-1-2-15(10-18)11-21/h1-7,10,17H,8-9,12-13H2,(H,22,24)/t17-/m0/s1. The maximum atomic E-state index is 13.2. The number of nitriles is 1. The predicted octanol–water partition coefficient (Wildman–Crippen LogP) is 2.17. The average Bonchev–Trinajstić information content (AvgIpc) is 3.08. The van der Waals surface area contributed by atoms with Crippen LogP contribution in [0, 0.1) is 17.1 Å². The van der Waals surface area contributed by atoms with Crippen molar-refractivity contribution in [2.24, 2.45) is 0 Å². The molecule has 6 nitrogen and oxygen atoms in total. The zero-order chi connectivity index (χ0) is 19.4. The van der Waals surface area contributed by atoms with Gasteiger partial charge in [-0.15, -0.1) is 0 Å². The van der Waals surface area contributed by atoms with Crippen LogP contribution < -0.4 is 5.32 Å². The highest BCUT2D eigenvalue weighted by atomic mass is 32.2. The zero-order valence-corrected chi connectivity index (χ0v) is 15.2. The van der Waals surface area contributed by atoms with Crippen LogP contribution in [0.1, 0.15) is 24.0 Å². The van der Waals surface area contributed by atoms with Gasteiger partial charge in [-0.2, -0.15) is 9.57 Å². The lowest BCUT2D eigenvalue weighted by Crippen LogP contribution is -2.41. The Morgan fingerprint density at radius 2 is 1.96 bits per heavy atom. The monoisotopic (exact) mass is 387 g/mol. The van der Waals surface area contributed by atoms with Gasteiger partial charge in [0.1, 0.15) is 5.82 Å². The Morgan fingerprint density at radius 1 is 1.22 bits per heavy atom. The first-order chi connectivity index (χ1) is 12.9. The molecule has 1 fully saturated rings. The molecule has 1 N–H and O–H groups in total. The lowest BCUT2D eigenvalue weighted by Gasteiger charge is -2.25. The molecule has 0 spiro atoms. The molecule has 1 atom stereocenters. The summed E-state index contributed by atoms with van der Waals surface area (Å²) in [4.78, 5) is 11.5. The number of rotatable bonds is 6. The molecule has 0 unspecified atom stereocenters. The number of halogens is 1. The van der Waals surface area contributed by atoms with E-state index in [-0.39, 0.29) is 35.5 Å². The molecule has 1 saturated heterocycles. The van der Waals surface area contributed by atoms with Crippen molar-refractivity contribution in [3.05, 3.63) is 65.5 Å². The average molecular weight is 387 g/mol. The molecule has 8 heteroatoms. The van der Waals surface area contributed by atoms with Crippen LogP contribution in [-0.2, 0) is 21.4 Å². The fourth-order valence-electron chi connectivity index (χ4n) is 2.98. The molecule has 0 aromatic heterocycles. The Labute approximate surface area is 157 Å². The van der Waals surface area contributed by atoms with E-state index in [0.29, 0.717) is 18.4 Å². The normalized spacial score (nSPS) is 16.9. The Bertz CT molecular complexity index is 984. The van der Waals surface area contributed by atoms with Gasteiger partial charge in [0, 0.05) is 25.6 Å². The summed E-state index contributed by atoms with van der Waals surface area (Å²) in [7, 11) is -3.91. The van der Waals surface area contributed by atoms with Crippen molar-refractivity contribution in [3.8, 4) is 6.07 Å². The number of amides is 1. The fourth-order valence-corrected chi connectivity index (χ4v) is 4.50. The first-order valence-electron chi connectivity index (χ1n) is 8.42. The van der Waals surface area contributed by atoms with Crippen LogP contribution in [0.25, 0.3) is 0 Å². The van der Waals surface area contributed by atoms with Crippen LogP contribution in [0.2, 0.25) is 0 Å². The van der Waals surface area contributed by atoms with Gasteiger partial charge < -0.3 is 5.32 Å². The summed E-state index contributed by atoms with van der Waals surface area (Å²) in [6, 6.07) is 13.0. The maximum Gasteiger partial charge on any atom is 0.243 e. The minimum atomic E-state index is -3.91. The molecule has 140 valence electrons. The number of carbonyl (C=O) groups excluding carboxylic acids is 1. The van der Waals surface area contributed by atoms with Crippen molar-refractivity contribution in [1.82, 2.24) is 9.62 Å². The summed E-state index contributed by atoms with van der Waals surface area (Å²) in [6.45, 7) is 0.133. The van der Waals surface area contributed by atoms with Crippen molar-refractivity contribution < 1.29 is 17.6 Å². The van der Waals surface area contributed by atoms with Gasteiger partial charge in [0.15, 0.2) is 0 Å². The van der Waals surface area contributed by atoms with Gasteiger partial charge in [0.05, 0.1) is 16.5 Å². The lowest BCUT2D eigenvalue weighted by molar-refractivity contribution is -0.119. The zero-order valence-electron chi connectivity index (χ0n) is 14.4. The number of benzene rings is 2. The van der Waals surface area contributed by atoms with E-state index >= 15 is 0 Å². The number of hydrogen-bond donors (Lipinski definition) is 1. The summed E-state index contributed by atoms with van der Waals surface area (Å²) >= 11 is 0. The Kier molecular flexibility index (Phi) is 5.54. The molecule has 1 heterocycles. The number of nitrogens with zero attached hydrogens (tertiary/aromatic N) is 2. The molecule has 0 saturated carbocycles. The molecule has 2 aromatic rings. The van der Waals surface area contributed by atoms with Gasteiger partial charge in [0.25, 0.3) is 0 Å². The SMILES string of the molecule is N#Cc1cccc(S(=O)(=O)N(Cc2ccc(F)cc2)C[C@@H]2CCC(=O)N2)c1. The molecule has 1 aliphatic heterocycles. The number of nitrogens with one attached hydrogen (secondary N) is 1. The number of carbonyl (C=O) groups is 1. The minimum Gasteiger partial charge on any atom is -0.352 e. The largest absolute Gasteiger partial charge is 0.352 e. The molecule has 3 rings (SSSR count). The van der Waals surface area contributed by atoms with Crippen molar-refractivity contribution in [2.75, 3.05) is 6.54 Å². The van der Waals surface area contributed by atoms with Gasteiger partial charge in [-0.3, -0.25) is 4.79 Å². The molecule has 0 aliphatic carbocycles.